The molecule has 5 amide bonds. The van der Waals surface area contributed by atoms with Gasteiger partial charge in [0, 0.05) is 6.54 Å². The van der Waals surface area contributed by atoms with Gasteiger partial charge in [0.15, 0.2) is 0 Å². The number of nitrogens with two attached hydrogens (primary N) is 1. The highest BCUT2D eigenvalue weighted by Gasteiger charge is 2.38. The van der Waals surface area contributed by atoms with Crippen LogP contribution < -0.4 is 27.0 Å². The molecule has 0 bridgehead atoms. The number of rotatable bonds is 13. The first kappa shape index (κ1) is 29.8. The van der Waals surface area contributed by atoms with Crippen molar-refractivity contribution in [3.05, 3.63) is 0 Å². The van der Waals surface area contributed by atoms with Gasteiger partial charge in [-0.25, -0.2) is 0 Å². The second-order valence-electron chi connectivity index (χ2n) is 9.26. The van der Waals surface area contributed by atoms with Gasteiger partial charge in [-0.3, -0.25) is 28.8 Å². The van der Waals surface area contributed by atoms with E-state index in [9.17, 15) is 28.8 Å². The van der Waals surface area contributed by atoms with Crippen molar-refractivity contribution in [1.29, 1.82) is 0 Å². The lowest BCUT2D eigenvalue weighted by Gasteiger charge is -2.31. The Kier molecular flexibility index (Phi) is 12.1. The molecule has 0 radical (unpaired) electrons. The average Bonchev–Trinajstić information content (AvgIpc) is 3.27. The summed E-state index contributed by atoms with van der Waals surface area (Å²) >= 11 is 0. The second kappa shape index (κ2) is 14.2. The van der Waals surface area contributed by atoms with Crippen molar-refractivity contribution in [1.82, 2.24) is 26.2 Å². The molecule has 3 atom stereocenters. The molecule has 0 unspecified atom stereocenters. The number of carbonyl (C=O) groups is 6. The molecule has 35 heavy (non-hydrogen) atoms. The number of nitrogens with one attached hydrogen (secondary N) is 4. The normalized spacial score (nSPS) is 17.0. The predicted octanol–water partition coefficient (Wildman–Crippen LogP) is -2.08. The molecule has 0 aromatic carbocycles. The summed E-state index contributed by atoms with van der Waals surface area (Å²) in [6.45, 7) is 6.36. The second-order valence-corrected chi connectivity index (χ2v) is 9.26. The molecule has 198 valence electrons. The number of aliphatic carboxylic acids is 1. The summed E-state index contributed by atoms with van der Waals surface area (Å²) in [4.78, 5) is 74.5. The quantitative estimate of drug-likeness (QED) is 0.166. The molecule has 1 saturated heterocycles. The molecule has 0 spiro atoms. The van der Waals surface area contributed by atoms with E-state index in [1.165, 1.54) is 4.90 Å². The van der Waals surface area contributed by atoms with Crippen LogP contribution in [0.25, 0.3) is 0 Å². The summed E-state index contributed by atoms with van der Waals surface area (Å²) in [6, 6.07) is -2.72. The Balaban J connectivity index is 2.94. The zero-order valence-corrected chi connectivity index (χ0v) is 20.8. The van der Waals surface area contributed by atoms with Crippen molar-refractivity contribution in [2.24, 2.45) is 17.6 Å². The highest BCUT2D eigenvalue weighted by Crippen LogP contribution is 2.20. The maximum absolute atomic E-state index is 13.4. The van der Waals surface area contributed by atoms with Crippen molar-refractivity contribution >= 4 is 35.5 Å². The van der Waals surface area contributed by atoms with Crippen molar-refractivity contribution < 1.29 is 33.9 Å². The van der Waals surface area contributed by atoms with Gasteiger partial charge >= 0.3 is 5.97 Å². The summed E-state index contributed by atoms with van der Waals surface area (Å²) in [7, 11) is 0. The fraction of sp³-hybridized carbons (Fsp3) is 0.727. The predicted molar refractivity (Wildman–Crippen MR) is 126 cm³/mol. The van der Waals surface area contributed by atoms with Crippen molar-refractivity contribution in [3.8, 4) is 0 Å². The minimum absolute atomic E-state index is 0.0321. The number of nitrogens with zero attached hydrogens (tertiary/aromatic N) is 1. The Morgan fingerprint density at radius 2 is 1.63 bits per heavy atom. The molecule has 0 aliphatic carbocycles. The van der Waals surface area contributed by atoms with Crippen LogP contribution in [0.15, 0.2) is 0 Å². The van der Waals surface area contributed by atoms with E-state index < -0.39 is 60.2 Å². The maximum atomic E-state index is 13.4. The minimum atomic E-state index is -1.19. The molecular formula is C22H38N6O7. The molecule has 1 aliphatic heterocycles. The van der Waals surface area contributed by atoms with E-state index in [0.717, 1.165) is 0 Å². The Labute approximate surface area is 204 Å². The Hall–Kier alpha value is -3.22. The maximum Gasteiger partial charge on any atom is 0.322 e. The van der Waals surface area contributed by atoms with Gasteiger partial charge in [0.1, 0.15) is 24.7 Å². The van der Waals surface area contributed by atoms with Gasteiger partial charge in [0.25, 0.3) is 0 Å². The fourth-order valence-electron chi connectivity index (χ4n) is 3.75. The summed E-state index contributed by atoms with van der Waals surface area (Å²) in [5.74, 6) is -4.14. The van der Waals surface area contributed by atoms with Gasteiger partial charge in [-0.05, 0) is 31.1 Å². The van der Waals surface area contributed by atoms with Gasteiger partial charge < -0.3 is 37.0 Å². The minimum Gasteiger partial charge on any atom is -0.480 e. The van der Waals surface area contributed by atoms with Gasteiger partial charge in [-0.1, -0.05) is 27.7 Å². The zero-order chi connectivity index (χ0) is 26.7. The van der Waals surface area contributed by atoms with Crippen molar-refractivity contribution in [2.45, 2.75) is 65.1 Å². The molecule has 7 N–H and O–H groups in total. The van der Waals surface area contributed by atoms with E-state index in [1.807, 2.05) is 13.8 Å². The Morgan fingerprint density at radius 1 is 0.971 bits per heavy atom. The van der Waals surface area contributed by atoms with Crippen LogP contribution in [0.3, 0.4) is 0 Å². The third-order valence-corrected chi connectivity index (χ3v) is 5.47. The molecule has 0 aromatic heterocycles. The molecule has 1 fully saturated rings. The van der Waals surface area contributed by atoms with E-state index in [1.54, 1.807) is 13.8 Å². The van der Waals surface area contributed by atoms with Crippen LogP contribution in [0.1, 0.15) is 47.0 Å². The third kappa shape index (κ3) is 9.89. The molecule has 0 aromatic rings. The van der Waals surface area contributed by atoms with E-state index in [-0.39, 0.29) is 24.9 Å². The van der Waals surface area contributed by atoms with Crippen LogP contribution in [-0.2, 0) is 28.8 Å². The molecule has 13 heteroatoms. The SMILES string of the molecule is CC(C)C[C@H](NC(=O)[C@@H](NC(=O)CNC(=O)CN)C(C)C)C(=O)N1CCC[C@H]1C(=O)NCC(=O)O. The van der Waals surface area contributed by atoms with Crippen LogP contribution in [0.5, 0.6) is 0 Å². The van der Waals surface area contributed by atoms with Gasteiger partial charge in [0.2, 0.25) is 29.5 Å². The first-order valence-corrected chi connectivity index (χ1v) is 11.7. The first-order chi connectivity index (χ1) is 16.4. The molecule has 1 aliphatic rings. The Bertz CT molecular complexity index is 801. The van der Waals surface area contributed by atoms with Crippen LogP contribution in [0.2, 0.25) is 0 Å². The zero-order valence-electron chi connectivity index (χ0n) is 20.8. The lowest BCUT2D eigenvalue weighted by atomic mass is 9.99. The smallest absolute Gasteiger partial charge is 0.322 e. The summed E-state index contributed by atoms with van der Waals surface area (Å²) in [5, 5.41) is 18.7. The van der Waals surface area contributed by atoms with Crippen LogP contribution in [-0.4, -0.2) is 89.8 Å². The van der Waals surface area contributed by atoms with Gasteiger partial charge in [-0.2, -0.15) is 0 Å². The number of likely N-dealkylation sites (tertiary alicyclic amines) is 1. The van der Waals surface area contributed by atoms with Crippen molar-refractivity contribution in [3.63, 3.8) is 0 Å². The monoisotopic (exact) mass is 498 g/mol. The highest BCUT2D eigenvalue weighted by atomic mass is 16.4. The number of amides is 5. The molecular weight excluding hydrogens is 460 g/mol. The third-order valence-electron chi connectivity index (χ3n) is 5.47. The molecule has 1 heterocycles. The number of carboxylic acids is 1. The highest BCUT2D eigenvalue weighted by molar-refractivity contribution is 5.95. The number of carbonyl (C=O) groups excluding carboxylic acids is 5. The fourth-order valence-corrected chi connectivity index (χ4v) is 3.75. The average molecular weight is 499 g/mol. The number of carboxylic acid groups (broad SMARTS) is 1. The van der Waals surface area contributed by atoms with Crippen LogP contribution in [0.4, 0.5) is 0 Å². The lowest BCUT2D eigenvalue weighted by Crippen LogP contribution is -2.58. The topological polar surface area (TPSA) is 200 Å². The van der Waals surface area contributed by atoms with Crippen LogP contribution >= 0.6 is 0 Å². The van der Waals surface area contributed by atoms with Gasteiger partial charge in [-0.15, -0.1) is 0 Å². The summed E-state index contributed by atoms with van der Waals surface area (Å²) in [5.41, 5.74) is 5.19. The summed E-state index contributed by atoms with van der Waals surface area (Å²) in [6.07, 6.45) is 1.26. The van der Waals surface area contributed by atoms with E-state index in [2.05, 4.69) is 21.3 Å². The van der Waals surface area contributed by atoms with Crippen LogP contribution in [0, 0.1) is 11.8 Å². The summed E-state index contributed by atoms with van der Waals surface area (Å²) < 4.78 is 0. The first-order valence-electron chi connectivity index (χ1n) is 11.7. The largest absolute Gasteiger partial charge is 0.480 e. The van der Waals surface area contributed by atoms with Gasteiger partial charge in [0.05, 0.1) is 13.1 Å². The van der Waals surface area contributed by atoms with Crippen molar-refractivity contribution in [2.75, 3.05) is 26.2 Å². The molecule has 1 rings (SSSR count). The number of hydrogen-bond acceptors (Lipinski definition) is 7. The van der Waals surface area contributed by atoms with E-state index >= 15 is 0 Å². The standard InChI is InChI=1S/C22H38N6O7/c1-12(2)8-14(22(35)28-7-5-6-15(28)20(33)25-11-18(31)32)26-21(34)19(13(3)4)27-17(30)10-24-16(29)9-23/h12-15,19H,5-11,23H2,1-4H3,(H,24,29)(H,25,33)(H,26,34)(H,27,30)(H,31,32)/t14-,15-,19-/m0/s1. The molecule has 0 saturated carbocycles. The lowest BCUT2D eigenvalue weighted by molar-refractivity contribution is -0.143. The molecule has 13 nitrogen and oxygen atoms in total. The number of hydrogen-bond donors (Lipinski definition) is 6. The van der Waals surface area contributed by atoms with E-state index in [4.69, 9.17) is 10.8 Å². The Morgan fingerprint density at radius 3 is 2.17 bits per heavy atom. The van der Waals surface area contributed by atoms with E-state index in [0.29, 0.717) is 25.8 Å².